The standard InChI is InChI=1S/C23H22F3N5O4S/c1-12-8-27-19(36-12)15-5-14(6-17(7-15)35-11-22(3-4-22)31-21(33)34)18(32)30-13(2)16-9-28-20(29-10-16)23(24,25)26/h5-10,13,31H,3-4,11H2,1-2H3,(H,30,32)(H,33,34). The molecule has 1 saturated carbocycles. The van der Waals surface area contributed by atoms with Gasteiger partial charge in [0.25, 0.3) is 5.91 Å². The van der Waals surface area contributed by atoms with Gasteiger partial charge >= 0.3 is 12.3 Å². The first kappa shape index (κ1) is 25.4. The molecule has 0 spiro atoms. The Hall–Kier alpha value is -3.74. The Morgan fingerprint density at radius 1 is 1.17 bits per heavy atom. The highest BCUT2D eigenvalue weighted by atomic mass is 32.1. The van der Waals surface area contributed by atoms with E-state index >= 15 is 0 Å². The smallest absolute Gasteiger partial charge is 0.451 e. The number of carbonyl (C=O) groups is 2. The fourth-order valence-electron chi connectivity index (χ4n) is 3.40. The predicted octanol–water partition coefficient (Wildman–Crippen LogP) is 4.60. The van der Waals surface area contributed by atoms with Crippen molar-refractivity contribution in [3.8, 4) is 16.3 Å². The summed E-state index contributed by atoms with van der Waals surface area (Å²) in [5.41, 5.74) is 0.525. The third-order valence-corrected chi connectivity index (χ3v) is 6.51. The molecule has 0 bridgehead atoms. The Bertz CT molecular complexity index is 1280. The maximum absolute atomic E-state index is 13.1. The number of carboxylic acid groups (broad SMARTS) is 1. The van der Waals surface area contributed by atoms with E-state index in [9.17, 15) is 22.8 Å². The van der Waals surface area contributed by atoms with E-state index in [0.717, 1.165) is 17.3 Å². The third-order valence-electron chi connectivity index (χ3n) is 5.55. The van der Waals surface area contributed by atoms with Gasteiger partial charge in [0, 0.05) is 40.2 Å². The van der Waals surface area contributed by atoms with Crippen molar-refractivity contribution in [3.63, 3.8) is 0 Å². The number of aromatic nitrogens is 3. The molecule has 9 nitrogen and oxygen atoms in total. The molecule has 3 N–H and O–H groups in total. The molecule has 0 aliphatic heterocycles. The van der Waals surface area contributed by atoms with Crippen LogP contribution < -0.4 is 15.4 Å². The molecule has 36 heavy (non-hydrogen) atoms. The molecule has 13 heteroatoms. The summed E-state index contributed by atoms with van der Waals surface area (Å²) in [7, 11) is 0. The van der Waals surface area contributed by atoms with E-state index in [1.807, 2.05) is 6.92 Å². The number of halogens is 3. The second kappa shape index (κ2) is 9.72. The van der Waals surface area contributed by atoms with E-state index in [1.54, 1.807) is 25.3 Å². The van der Waals surface area contributed by atoms with Crippen LogP contribution in [0.1, 0.15) is 52.4 Å². The number of benzene rings is 1. The van der Waals surface area contributed by atoms with Crippen molar-refractivity contribution < 1.29 is 32.6 Å². The van der Waals surface area contributed by atoms with Crippen LogP contribution in [-0.4, -0.2) is 44.2 Å². The van der Waals surface area contributed by atoms with Gasteiger partial charge in [0.15, 0.2) is 0 Å². The van der Waals surface area contributed by atoms with Gasteiger partial charge in [0.2, 0.25) is 5.82 Å². The lowest BCUT2D eigenvalue weighted by Gasteiger charge is -2.18. The fourth-order valence-corrected chi connectivity index (χ4v) is 4.15. The Kier molecular flexibility index (Phi) is 6.85. The molecular weight excluding hydrogens is 499 g/mol. The summed E-state index contributed by atoms with van der Waals surface area (Å²) in [6, 6.07) is 4.20. The van der Waals surface area contributed by atoms with Crippen LogP contribution in [0.2, 0.25) is 0 Å². The number of carbonyl (C=O) groups excluding carboxylic acids is 1. The minimum atomic E-state index is -4.66. The van der Waals surface area contributed by atoms with E-state index in [4.69, 9.17) is 9.84 Å². The van der Waals surface area contributed by atoms with Gasteiger partial charge in [-0.25, -0.2) is 19.7 Å². The average molecular weight is 522 g/mol. The summed E-state index contributed by atoms with van der Waals surface area (Å²) in [6.45, 7) is 3.60. The van der Waals surface area contributed by atoms with Crippen molar-refractivity contribution in [3.05, 3.63) is 58.6 Å². The molecule has 1 unspecified atom stereocenters. The number of thiazole rings is 1. The Balaban J connectivity index is 1.54. The molecule has 1 fully saturated rings. The van der Waals surface area contributed by atoms with Gasteiger partial charge in [-0.3, -0.25) is 4.79 Å². The number of alkyl halides is 3. The summed E-state index contributed by atoms with van der Waals surface area (Å²) < 4.78 is 44.1. The lowest BCUT2D eigenvalue weighted by Crippen LogP contribution is -2.40. The molecule has 0 radical (unpaired) electrons. The first-order valence-corrected chi connectivity index (χ1v) is 11.7. The molecule has 1 aromatic carbocycles. The second-order valence-corrected chi connectivity index (χ2v) is 9.79. The number of nitrogens with zero attached hydrogens (tertiary/aromatic N) is 3. The number of hydrogen-bond donors (Lipinski definition) is 3. The molecule has 1 aliphatic rings. The van der Waals surface area contributed by atoms with Gasteiger partial charge in [-0.1, -0.05) is 0 Å². The number of ether oxygens (including phenoxy) is 1. The van der Waals surface area contributed by atoms with Gasteiger partial charge in [0.05, 0.1) is 11.6 Å². The normalized spacial score (nSPS) is 15.1. The van der Waals surface area contributed by atoms with Crippen LogP contribution in [0.15, 0.2) is 36.8 Å². The summed E-state index contributed by atoms with van der Waals surface area (Å²) >= 11 is 1.43. The van der Waals surface area contributed by atoms with Crippen molar-refractivity contribution in [2.24, 2.45) is 0 Å². The zero-order valence-corrected chi connectivity index (χ0v) is 20.0. The third kappa shape index (κ3) is 6.08. The minimum Gasteiger partial charge on any atom is -0.491 e. The summed E-state index contributed by atoms with van der Waals surface area (Å²) in [4.78, 5) is 36.1. The number of aryl methyl sites for hydroxylation is 1. The van der Waals surface area contributed by atoms with Crippen LogP contribution in [0.25, 0.3) is 10.6 Å². The number of rotatable bonds is 8. The molecule has 3 aromatic rings. The minimum absolute atomic E-state index is 0.0972. The van der Waals surface area contributed by atoms with Gasteiger partial charge in [0.1, 0.15) is 17.4 Å². The van der Waals surface area contributed by atoms with Crippen LogP contribution >= 0.6 is 11.3 Å². The maximum Gasteiger partial charge on any atom is 0.451 e. The van der Waals surface area contributed by atoms with E-state index in [2.05, 4.69) is 25.6 Å². The highest BCUT2D eigenvalue weighted by Crippen LogP contribution is 2.37. The van der Waals surface area contributed by atoms with Crippen LogP contribution in [0.4, 0.5) is 18.0 Å². The topological polar surface area (TPSA) is 126 Å². The number of hydrogen-bond acceptors (Lipinski definition) is 7. The Morgan fingerprint density at radius 2 is 1.86 bits per heavy atom. The molecule has 2 aromatic heterocycles. The van der Waals surface area contributed by atoms with Crippen molar-refractivity contribution in [1.29, 1.82) is 0 Å². The van der Waals surface area contributed by atoms with Crippen LogP contribution in [0.5, 0.6) is 5.75 Å². The maximum atomic E-state index is 13.1. The first-order valence-electron chi connectivity index (χ1n) is 10.9. The van der Waals surface area contributed by atoms with Crippen molar-refractivity contribution in [2.75, 3.05) is 6.61 Å². The first-order chi connectivity index (χ1) is 16.9. The molecule has 1 atom stereocenters. The van der Waals surface area contributed by atoms with Gasteiger partial charge in [-0.05, 0) is 44.9 Å². The van der Waals surface area contributed by atoms with E-state index in [0.29, 0.717) is 34.7 Å². The zero-order chi connectivity index (χ0) is 26.1. The summed E-state index contributed by atoms with van der Waals surface area (Å²) in [6.07, 6.45) is -0.756. The highest BCUT2D eigenvalue weighted by Gasteiger charge is 2.45. The van der Waals surface area contributed by atoms with E-state index in [-0.39, 0.29) is 12.2 Å². The molecule has 2 heterocycles. The molecule has 0 saturated heterocycles. The van der Waals surface area contributed by atoms with Crippen LogP contribution in [-0.2, 0) is 6.18 Å². The molecular formula is C23H22F3N5O4S. The number of nitrogens with one attached hydrogen (secondary N) is 2. The molecule has 190 valence electrons. The lowest BCUT2D eigenvalue weighted by molar-refractivity contribution is -0.145. The SMILES string of the molecule is Cc1cnc(-c2cc(OCC3(NC(=O)O)CC3)cc(C(=O)NC(C)c3cnc(C(F)(F)F)nc3)c2)s1. The quantitative estimate of drug-likeness (QED) is 0.396. The van der Waals surface area contributed by atoms with E-state index in [1.165, 1.54) is 17.4 Å². The summed E-state index contributed by atoms with van der Waals surface area (Å²) in [5.74, 6) is -1.40. The largest absolute Gasteiger partial charge is 0.491 e. The Labute approximate surface area is 207 Å². The summed E-state index contributed by atoms with van der Waals surface area (Å²) in [5, 5.41) is 14.9. The molecule has 2 amide bonds. The van der Waals surface area contributed by atoms with Crippen LogP contribution in [0.3, 0.4) is 0 Å². The second-order valence-electron chi connectivity index (χ2n) is 8.55. The monoisotopic (exact) mass is 521 g/mol. The predicted molar refractivity (Wildman–Crippen MR) is 124 cm³/mol. The lowest BCUT2D eigenvalue weighted by atomic mass is 10.1. The highest BCUT2D eigenvalue weighted by molar-refractivity contribution is 7.14. The molecule has 4 rings (SSSR count). The van der Waals surface area contributed by atoms with Crippen LogP contribution in [0, 0.1) is 6.92 Å². The van der Waals surface area contributed by atoms with Crippen molar-refractivity contribution in [2.45, 2.75) is 44.4 Å². The van der Waals surface area contributed by atoms with E-state index < -0.39 is 35.6 Å². The van der Waals surface area contributed by atoms with Gasteiger partial charge in [-0.15, -0.1) is 11.3 Å². The Morgan fingerprint density at radius 3 is 2.42 bits per heavy atom. The van der Waals surface area contributed by atoms with Crippen molar-refractivity contribution in [1.82, 2.24) is 25.6 Å². The average Bonchev–Trinajstić information content (AvgIpc) is 3.44. The fraction of sp³-hybridized carbons (Fsp3) is 0.348. The van der Waals surface area contributed by atoms with Gasteiger partial charge in [-0.2, -0.15) is 13.2 Å². The number of amides is 2. The zero-order valence-electron chi connectivity index (χ0n) is 19.2. The van der Waals surface area contributed by atoms with Gasteiger partial charge < -0.3 is 20.5 Å². The molecule has 1 aliphatic carbocycles. The van der Waals surface area contributed by atoms with Crippen molar-refractivity contribution >= 4 is 23.3 Å².